The molecule has 0 aromatic heterocycles. The molecule has 0 atom stereocenters. The van der Waals surface area contributed by atoms with E-state index in [4.69, 9.17) is 5.84 Å². The lowest BCUT2D eigenvalue weighted by Gasteiger charge is -2.34. The van der Waals surface area contributed by atoms with Crippen LogP contribution in [-0.2, 0) is 6.54 Å². The number of hydrogen-bond donors (Lipinski definition) is 2. The summed E-state index contributed by atoms with van der Waals surface area (Å²) in [7, 11) is 0. The van der Waals surface area contributed by atoms with Crippen LogP contribution in [0.5, 0.6) is 0 Å². The molecular formula is C16H24N4O. The van der Waals surface area contributed by atoms with Gasteiger partial charge in [-0.15, -0.1) is 0 Å². The van der Waals surface area contributed by atoms with Crippen molar-refractivity contribution in [1.29, 1.82) is 0 Å². The van der Waals surface area contributed by atoms with E-state index in [9.17, 15) is 4.79 Å². The van der Waals surface area contributed by atoms with Crippen LogP contribution in [0.3, 0.4) is 0 Å². The van der Waals surface area contributed by atoms with Crippen LogP contribution < -0.4 is 11.3 Å². The van der Waals surface area contributed by atoms with E-state index in [1.807, 2.05) is 12.1 Å². The van der Waals surface area contributed by atoms with Gasteiger partial charge in [0.05, 0.1) is 0 Å². The van der Waals surface area contributed by atoms with Crippen LogP contribution in [-0.4, -0.2) is 48.4 Å². The highest BCUT2D eigenvalue weighted by Crippen LogP contribution is 2.29. The van der Waals surface area contributed by atoms with E-state index in [0.717, 1.165) is 25.6 Å². The standard InChI is InChI=1S/C16H24N4O/c17-18-16(21)15-3-1-2-14(10-15)12-20-8-6-19(7-9-20)11-13-4-5-13/h1-3,10,13H,4-9,11-12,17H2,(H,18,21). The summed E-state index contributed by atoms with van der Waals surface area (Å²) in [6, 6.07) is 7.71. The summed E-state index contributed by atoms with van der Waals surface area (Å²) >= 11 is 0. The fraction of sp³-hybridized carbons (Fsp3) is 0.562. The second-order valence-electron chi connectivity index (χ2n) is 6.19. The number of nitrogen functional groups attached to an aromatic ring is 1. The highest BCUT2D eigenvalue weighted by molar-refractivity contribution is 5.93. The fourth-order valence-electron chi connectivity index (χ4n) is 2.95. The molecule has 1 heterocycles. The quantitative estimate of drug-likeness (QED) is 0.478. The minimum Gasteiger partial charge on any atom is -0.301 e. The molecule has 1 saturated carbocycles. The predicted molar refractivity (Wildman–Crippen MR) is 82.5 cm³/mol. The van der Waals surface area contributed by atoms with Crippen LogP contribution in [0, 0.1) is 5.92 Å². The maximum Gasteiger partial charge on any atom is 0.265 e. The van der Waals surface area contributed by atoms with Crippen molar-refractivity contribution in [3.8, 4) is 0 Å². The molecule has 3 N–H and O–H groups in total. The number of nitrogens with two attached hydrogens (primary N) is 1. The third-order valence-electron chi connectivity index (χ3n) is 4.40. The fourth-order valence-corrected chi connectivity index (χ4v) is 2.95. The third kappa shape index (κ3) is 4.03. The minimum atomic E-state index is -0.230. The number of nitrogens with zero attached hydrogens (tertiary/aromatic N) is 2. The van der Waals surface area contributed by atoms with Crippen molar-refractivity contribution in [2.75, 3.05) is 32.7 Å². The van der Waals surface area contributed by atoms with Crippen molar-refractivity contribution >= 4 is 5.91 Å². The Morgan fingerprint density at radius 2 is 1.90 bits per heavy atom. The summed E-state index contributed by atoms with van der Waals surface area (Å²) in [5, 5.41) is 0. The van der Waals surface area contributed by atoms with Gasteiger partial charge in [0.15, 0.2) is 0 Å². The van der Waals surface area contributed by atoms with Crippen LogP contribution in [0.15, 0.2) is 24.3 Å². The van der Waals surface area contributed by atoms with Crippen LogP contribution in [0.2, 0.25) is 0 Å². The Kier molecular flexibility index (Phi) is 4.53. The van der Waals surface area contributed by atoms with Crippen molar-refractivity contribution < 1.29 is 4.79 Å². The first-order valence-corrected chi connectivity index (χ1v) is 7.79. The average Bonchev–Trinajstić information content (AvgIpc) is 3.33. The molecule has 0 unspecified atom stereocenters. The van der Waals surface area contributed by atoms with Gasteiger partial charge in [-0.2, -0.15) is 0 Å². The molecule has 2 aliphatic rings. The van der Waals surface area contributed by atoms with Crippen molar-refractivity contribution in [3.63, 3.8) is 0 Å². The van der Waals surface area contributed by atoms with Crippen LogP contribution in [0.4, 0.5) is 0 Å². The molecule has 1 aromatic carbocycles. The van der Waals surface area contributed by atoms with E-state index in [1.54, 1.807) is 6.07 Å². The van der Waals surface area contributed by atoms with Crippen molar-refractivity contribution in [2.24, 2.45) is 11.8 Å². The lowest BCUT2D eigenvalue weighted by Crippen LogP contribution is -2.46. The number of carbonyl (C=O) groups excluding carboxylic acids is 1. The molecule has 5 heteroatoms. The number of benzene rings is 1. The molecule has 5 nitrogen and oxygen atoms in total. The highest BCUT2D eigenvalue weighted by atomic mass is 16.2. The normalized spacial score (nSPS) is 20.4. The van der Waals surface area contributed by atoms with Crippen LogP contribution in [0.1, 0.15) is 28.8 Å². The molecule has 3 rings (SSSR count). The smallest absolute Gasteiger partial charge is 0.265 e. The first kappa shape index (κ1) is 14.5. The minimum absolute atomic E-state index is 0.230. The summed E-state index contributed by atoms with van der Waals surface area (Å²) in [6.45, 7) is 6.75. The zero-order valence-electron chi connectivity index (χ0n) is 12.4. The summed E-state index contributed by atoms with van der Waals surface area (Å²) in [5.41, 5.74) is 3.98. The zero-order chi connectivity index (χ0) is 14.7. The monoisotopic (exact) mass is 288 g/mol. The van der Waals surface area contributed by atoms with Gasteiger partial charge in [-0.25, -0.2) is 5.84 Å². The highest BCUT2D eigenvalue weighted by Gasteiger charge is 2.26. The maximum atomic E-state index is 11.6. The van der Waals surface area contributed by atoms with Gasteiger partial charge in [0.25, 0.3) is 5.91 Å². The zero-order valence-corrected chi connectivity index (χ0v) is 12.4. The predicted octanol–water partition coefficient (Wildman–Crippen LogP) is 0.818. The molecule has 0 radical (unpaired) electrons. The van der Waals surface area contributed by atoms with Gasteiger partial charge in [0, 0.05) is 44.8 Å². The molecular weight excluding hydrogens is 264 g/mol. The lowest BCUT2D eigenvalue weighted by atomic mass is 10.1. The maximum absolute atomic E-state index is 11.6. The molecule has 1 saturated heterocycles. The van der Waals surface area contributed by atoms with Crippen LogP contribution in [0.25, 0.3) is 0 Å². The van der Waals surface area contributed by atoms with E-state index in [-0.39, 0.29) is 5.91 Å². The number of nitrogens with one attached hydrogen (secondary N) is 1. The number of rotatable bonds is 5. The van der Waals surface area contributed by atoms with Gasteiger partial charge in [0.1, 0.15) is 0 Å². The summed E-state index contributed by atoms with van der Waals surface area (Å²) in [5.74, 6) is 5.93. The van der Waals surface area contributed by atoms with Gasteiger partial charge in [-0.3, -0.25) is 15.1 Å². The lowest BCUT2D eigenvalue weighted by molar-refractivity contribution is 0.0953. The van der Waals surface area contributed by atoms with Gasteiger partial charge in [-0.1, -0.05) is 12.1 Å². The second-order valence-corrected chi connectivity index (χ2v) is 6.19. The Morgan fingerprint density at radius 1 is 1.19 bits per heavy atom. The van der Waals surface area contributed by atoms with Gasteiger partial charge in [-0.05, 0) is 36.5 Å². The SMILES string of the molecule is NNC(=O)c1cccc(CN2CCN(CC3CC3)CC2)c1. The van der Waals surface area contributed by atoms with Crippen molar-refractivity contribution in [1.82, 2.24) is 15.2 Å². The molecule has 1 aliphatic carbocycles. The number of hydrazine groups is 1. The van der Waals surface area contributed by atoms with E-state index >= 15 is 0 Å². The molecule has 1 amide bonds. The van der Waals surface area contributed by atoms with E-state index in [1.165, 1.54) is 38.0 Å². The van der Waals surface area contributed by atoms with E-state index < -0.39 is 0 Å². The van der Waals surface area contributed by atoms with Gasteiger partial charge in [0.2, 0.25) is 0 Å². The molecule has 1 aromatic rings. The third-order valence-corrected chi connectivity index (χ3v) is 4.40. The van der Waals surface area contributed by atoms with E-state index in [0.29, 0.717) is 5.56 Å². The molecule has 2 fully saturated rings. The summed E-state index contributed by atoms with van der Waals surface area (Å²) < 4.78 is 0. The first-order chi connectivity index (χ1) is 10.2. The molecule has 21 heavy (non-hydrogen) atoms. The number of amides is 1. The largest absolute Gasteiger partial charge is 0.301 e. The Bertz CT molecular complexity index is 493. The summed E-state index contributed by atoms with van der Waals surface area (Å²) in [6.07, 6.45) is 2.85. The molecule has 0 bridgehead atoms. The van der Waals surface area contributed by atoms with Crippen molar-refractivity contribution in [2.45, 2.75) is 19.4 Å². The molecule has 0 spiro atoms. The summed E-state index contributed by atoms with van der Waals surface area (Å²) in [4.78, 5) is 16.6. The second kappa shape index (κ2) is 6.56. The Labute approximate surface area is 126 Å². The Hall–Kier alpha value is -1.43. The topological polar surface area (TPSA) is 61.6 Å². The molecule has 114 valence electrons. The van der Waals surface area contributed by atoms with Gasteiger partial charge < -0.3 is 4.90 Å². The molecule has 1 aliphatic heterocycles. The van der Waals surface area contributed by atoms with Crippen molar-refractivity contribution in [3.05, 3.63) is 35.4 Å². The number of hydrogen-bond acceptors (Lipinski definition) is 4. The van der Waals surface area contributed by atoms with Crippen LogP contribution >= 0.6 is 0 Å². The Balaban J connectivity index is 1.51. The Morgan fingerprint density at radius 3 is 2.57 bits per heavy atom. The number of carbonyl (C=O) groups is 1. The van der Waals surface area contributed by atoms with Gasteiger partial charge >= 0.3 is 0 Å². The van der Waals surface area contributed by atoms with E-state index in [2.05, 4.69) is 21.3 Å². The first-order valence-electron chi connectivity index (χ1n) is 7.79. The average molecular weight is 288 g/mol. The number of piperazine rings is 1.